The molecule has 0 saturated carbocycles. The van der Waals surface area contributed by atoms with Gasteiger partial charge in [-0.25, -0.2) is 13.9 Å². The molecular weight excluding hydrogens is 273 g/mol. The van der Waals surface area contributed by atoms with Crippen LogP contribution in [0.2, 0.25) is 0 Å². The van der Waals surface area contributed by atoms with E-state index >= 15 is 0 Å². The summed E-state index contributed by atoms with van der Waals surface area (Å²) < 4.78 is 15.6. The van der Waals surface area contributed by atoms with Crippen molar-refractivity contribution in [3.8, 4) is 16.9 Å². The zero-order valence-electron chi connectivity index (χ0n) is 10.8. The molecule has 0 bridgehead atoms. The predicted molar refractivity (Wildman–Crippen MR) is 73.7 cm³/mol. The first-order valence-electron chi connectivity index (χ1n) is 6.16. The summed E-state index contributed by atoms with van der Waals surface area (Å²) in [6, 6.07) is 12.9. The summed E-state index contributed by atoms with van der Waals surface area (Å²) in [7, 11) is 0. The summed E-state index contributed by atoms with van der Waals surface area (Å²) >= 11 is 0. The highest BCUT2D eigenvalue weighted by Crippen LogP contribution is 2.25. The Morgan fingerprint density at radius 1 is 1.14 bits per heavy atom. The van der Waals surface area contributed by atoms with E-state index in [1.54, 1.807) is 0 Å². The van der Waals surface area contributed by atoms with Crippen LogP contribution in [0.4, 0.5) is 4.39 Å². The lowest BCUT2D eigenvalue weighted by molar-refractivity contribution is 0.0696. The average molecular weight is 283 g/mol. The van der Waals surface area contributed by atoms with Gasteiger partial charge in [0, 0.05) is 5.56 Å². The van der Waals surface area contributed by atoms with Gasteiger partial charge in [0.25, 0.3) is 0 Å². The van der Waals surface area contributed by atoms with Crippen LogP contribution < -0.4 is 0 Å². The maximum atomic E-state index is 14.1. The number of hydrogen-bond acceptors (Lipinski definition) is 3. The molecule has 0 spiro atoms. The normalized spacial score (nSPS) is 10.5. The maximum Gasteiger partial charge on any atom is 0.335 e. The van der Waals surface area contributed by atoms with E-state index in [2.05, 4.69) is 10.3 Å². The van der Waals surface area contributed by atoms with Gasteiger partial charge in [0.15, 0.2) is 0 Å². The fourth-order valence-corrected chi connectivity index (χ4v) is 2.03. The number of nitrogens with zero attached hydrogens (tertiary/aromatic N) is 3. The van der Waals surface area contributed by atoms with Gasteiger partial charge in [-0.2, -0.15) is 0 Å². The van der Waals surface area contributed by atoms with E-state index in [1.807, 2.05) is 30.3 Å². The molecule has 0 unspecified atom stereocenters. The first-order valence-corrected chi connectivity index (χ1v) is 6.16. The molecule has 104 valence electrons. The molecular formula is C15H10FN3O2. The molecule has 0 fully saturated rings. The molecule has 0 atom stereocenters. The highest BCUT2D eigenvalue weighted by atomic mass is 19.1. The minimum atomic E-state index is -1.17. The molecule has 0 aliphatic heterocycles. The number of carbonyl (C=O) groups is 1. The summed E-state index contributed by atoms with van der Waals surface area (Å²) in [5.41, 5.74) is 1.34. The van der Waals surface area contributed by atoms with Crippen molar-refractivity contribution in [1.29, 1.82) is 0 Å². The van der Waals surface area contributed by atoms with E-state index in [0.29, 0.717) is 5.69 Å². The van der Waals surface area contributed by atoms with E-state index in [9.17, 15) is 9.18 Å². The molecule has 3 aromatic rings. The van der Waals surface area contributed by atoms with Crippen molar-refractivity contribution in [3.05, 3.63) is 66.1 Å². The zero-order valence-corrected chi connectivity index (χ0v) is 10.8. The second kappa shape index (κ2) is 5.16. The summed E-state index contributed by atoms with van der Waals surface area (Å²) in [6.07, 6.45) is 1.44. The third-order valence-electron chi connectivity index (χ3n) is 3.04. The topological polar surface area (TPSA) is 68.0 Å². The number of hydrogen-bond donors (Lipinski definition) is 1. The Hall–Kier alpha value is -3.02. The SMILES string of the molecule is O=C(O)c1ccc(-c2cnnn2-c2ccccc2)c(F)c1. The van der Waals surface area contributed by atoms with Gasteiger partial charge in [0.1, 0.15) is 5.82 Å². The van der Waals surface area contributed by atoms with Crippen LogP contribution in [0.25, 0.3) is 16.9 Å². The molecule has 1 heterocycles. The maximum absolute atomic E-state index is 14.1. The van der Waals surface area contributed by atoms with Crippen LogP contribution in [0.3, 0.4) is 0 Å². The van der Waals surface area contributed by atoms with Crippen LogP contribution in [-0.2, 0) is 0 Å². The number of para-hydroxylation sites is 1. The summed E-state index contributed by atoms with van der Waals surface area (Å²) in [4.78, 5) is 10.8. The lowest BCUT2D eigenvalue weighted by Crippen LogP contribution is -2.02. The third-order valence-corrected chi connectivity index (χ3v) is 3.04. The first-order chi connectivity index (χ1) is 10.2. The van der Waals surface area contributed by atoms with Crippen LogP contribution >= 0.6 is 0 Å². The Kier molecular flexibility index (Phi) is 3.19. The van der Waals surface area contributed by atoms with Crippen molar-refractivity contribution < 1.29 is 14.3 Å². The Balaban J connectivity index is 2.11. The predicted octanol–water partition coefficient (Wildman–Crippen LogP) is 2.77. The quantitative estimate of drug-likeness (QED) is 0.802. The number of halogens is 1. The number of benzene rings is 2. The monoisotopic (exact) mass is 283 g/mol. The molecule has 0 aliphatic rings. The molecule has 21 heavy (non-hydrogen) atoms. The molecule has 0 amide bonds. The number of carboxylic acids is 1. The largest absolute Gasteiger partial charge is 0.478 e. The van der Waals surface area contributed by atoms with Crippen LogP contribution in [-0.4, -0.2) is 26.1 Å². The fraction of sp³-hybridized carbons (Fsp3) is 0. The molecule has 1 N–H and O–H groups in total. The Labute approximate surface area is 119 Å². The van der Waals surface area contributed by atoms with Crippen LogP contribution in [0.1, 0.15) is 10.4 Å². The van der Waals surface area contributed by atoms with Gasteiger partial charge in [0.05, 0.1) is 23.1 Å². The second-order valence-electron chi connectivity index (χ2n) is 4.37. The summed E-state index contributed by atoms with van der Waals surface area (Å²) in [5.74, 6) is -1.80. The molecule has 1 aromatic heterocycles. The molecule has 5 nitrogen and oxygen atoms in total. The lowest BCUT2D eigenvalue weighted by Gasteiger charge is -2.07. The van der Waals surface area contributed by atoms with Gasteiger partial charge in [-0.1, -0.05) is 23.4 Å². The van der Waals surface area contributed by atoms with Crippen molar-refractivity contribution in [3.63, 3.8) is 0 Å². The van der Waals surface area contributed by atoms with Crippen molar-refractivity contribution in [1.82, 2.24) is 15.0 Å². The van der Waals surface area contributed by atoms with Crippen LogP contribution in [0, 0.1) is 5.82 Å². The Morgan fingerprint density at radius 2 is 1.90 bits per heavy atom. The van der Waals surface area contributed by atoms with E-state index in [0.717, 1.165) is 11.8 Å². The van der Waals surface area contributed by atoms with Gasteiger partial charge in [0.2, 0.25) is 0 Å². The minimum absolute atomic E-state index is 0.102. The number of rotatable bonds is 3. The average Bonchev–Trinajstić information content (AvgIpc) is 2.97. The van der Waals surface area contributed by atoms with Crippen molar-refractivity contribution in [2.45, 2.75) is 0 Å². The van der Waals surface area contributed by atoms with Gasteiger partial charge < -0.3 is 5.11 Å². The van der Waals surface area contributed by atoms with E-state index in [1.165, 1.54) is 23.0 Å². The van der Waals surface area contributed by atoms with Crippen molar-refractivity contribution >= 4 is 5.97 Å². The van der Waals surface area contributed by atoms with Crippen molar-refractivity contribution in [2.24, 2.45) is 0 Å². The Bertz CT molecular complexity index is 800. The summed E-state index contributed by atoms with van der Waals surface area (Å²) in [5, 5.41) is 16.6. The number of aromatic nitrogens is 3. The molecule has 0 aliphatic carbocycles. The molecule has 6 heteroatoms. The van der Waals surface area contributed by atoms with Gasteiger partial charge in [-0.05, 0) is 30.3 Å². The van der Waals surface area contributed by atoms with Crippen molar-refractivity contribution in [2.75, 3.05) is 0 Å². The van der Waals surface area contributed by atoms with E-state index in [-0.39, 0.29) is 11.1 Å². The van der Waals surface area contributed by atoms with Gasteiger partial charge in [-0.15, -0.1) is 5.10 Å². The minimum Gasteiger partial charge on any atom is -0.478 e. The molecule has 3 rings (SSSR count). The number of aromatic carboxylic acids is 1. The molecule has 0 saturated heterocycles. The first kappa shape index (κ1) is 13.0. The highest BCUT2D eigenvalue weighted by molar-refractivity contribution is 5.88. The van der Waals surface area contributed by atoms with Gasteiger partial charge >= 0.3 is 5.97 Å². The van der Waals surface area contributed by atoms with E-state index in [4.69, 9.17) is 5.11 Å². The molecule has 0 radical (unpaired) electrons. The smallest absolute Gasteiger partial charge is 0.335 e. The van der Waals surface area contributed by atoms with E-state index < -0.39 is 11.8 Å². The van der Waals surface area contributed by atoms with Gasteiger partial charge in [-0.3, -0.25) is 0 Å². The molecule has 2 aromatic carbocycles. The number of carboxylic acid groups (broad SMARTS) is 1. The zero-order chi connectivity index (χ0) is 14.8. The third kappa shape index (κ3) is 2.38. The van der Waals surface area contributed by atoms with Crippen LogP contribution in [0.15, 0.2) is 54.7 Å². The summed E-state index contributed by atoms with van der Waals surface area (Å²) in [6.45, 7) is 0. The lowest BCUT2D eigenvalue weighted by atomic mass is 10.1. The second-order valence-corrected chi connectivity index (χ2v) is 4.37. The highest BCUT2D eigenvalue weighted by Gasteiger charge is 2.14. The fourth-order valence-electron chi connectivity index (χ4n) is 2.03. The van der Waals surface area contributed by atoms with Crippen LogP contribution in [0.5, 0.6) is 0 Å². The standard InChI is InChI=1S/C15H10FN3O2/c16-13-8-10(15(20)21)6-7-12(13)14-9-17-18-19(14)11-4-2-1-3-5-11/h1-9H,(H,20,21). The Morgan fingerprint density at radius 3 is 2.57 bits per heavy atom.